The lowest BCUT2D eigenvalue weighted by molar-refractivity contribution is -0.121. The highest BCUT2D eigenvalue weighted by molar-refractivity contribution is 6.33. The Morgan fingerprint density at radius 1 is 1.21 bits per heavy atom. The first-order valence-corrected chi connectivity index (χ1v) is 7.94. The predicted molar refractivity (Wildman–Crippen MR) is 88.8 cm³/mol. The summed E-state index contributed by atoms with van der Waals surface area (Å²) in [6.45, 7) is 0.200. The monoisotopic (exact) mass is 347 g/mol. The molecule has 0 spiro atoms. The van der Waals surface area contributed by atoms with Crippen LogP contribution in [0.15, 0.2) is 42.5 Å². The van der Waals surface area contributed by atoms with Crippen molar-refractivity contribution in [3.63, 3.8) is 0 Å². The van der Waals surface area contributed by atoms with Gasteiger partial charge in [0.25, 0.3) is 5.91 Å². The maximum atomic E-state index is 13.0. The minimum absolute atomic E-state index is 0.0323. The number of carbonyl (C=O) groups excluding carboxylic acids is 2. The van der Waals surface area contributed by atoms with E-state index in [0.29, 0.717) is 6.54 Å². The van der Waals surface area contributed by atoms with E-state index in [1.54, 1.807) is 4.90 Å². The van der Waals surface area contributed by atoms with E-state index in [2.05, 4.69) is 0 Å². The van der Waals surface area contributed by atoms with Crippen molar-refractivity contribution < 1.29 is 18.7 Å². The van der Waals surface area contributed by atoms with Gasteiger partial charge in [-0.15, -0.1) is 0 Å². The molecule has 0 bridgehead atoms. The fraction of sp³-hybridized carbons (Fsp3) is 0.222. The Bertz CT molecular complexity index is 794. The summed E-state index contributed by atoms with van der Waals surface area (Å²) in [6.07, 6.45) is 1.78. The molecule has 1 aliphatic heterocycles. The molecule has 0 atom stereocenters. The summed E-state index contributed by atoms with van der Waals surface area (Å²) in [5.74, 6) is -1.59. The molecule has 24 heavy (non-hydrogen) atoms. The third-order valence-corrected chi connectivity index (χ3v) is 4.20. The van der Waals surface area contributed by atoms with Crippen LogP contribution < -0.4 is 4.90 Å². The van der Waals surface area contributed by atoms with Gasteiger partial charge in [-0.1, -0.05) is 29.8 Å². The first-order chi connectivity index (χ1) is 11.6. The number of ether oxygens (including phenoxy) is 1. The van der Waals surface area contributed by atoms with Gasteiger partial charge >= 0.3 is 5.97 Å². The van der Waals surface area contributed by atoms with Crippen molar-refractivity contribution in [3.05, 3.63) is 64.4 Å². The molecule has 0 N–H and O–H groups in total. The highest BCUT2D eigenvalue weighted by atomic mass is 35.5. The fourth-order valence-corrected chi connectivity index (χ4v) is 2.98. The summed E-state index contributed by atoms with van der Waals surface area (Å²) in [5.41, 5.74) is 1.99. The Labute approximate surface area is 143 Å². The quantitative estimate of drug-likeness (QED) is 0.797. The number of rotatable bonds is 3. The lowest BCUT2D eigenvalue weighted by Gasteiger charge is -2.29. The minimum atomic E-state index is -0.751. The van der Waals surface area contributed by atoms with Crippen molar-refractivity contribution in [3.8, 4) is 0 Å². The van der Waals surface area contributed by atoms with Gasteiger partial charge < -0.3 is 9.64 Å². The molecule has 0 fully saturated rings. The average molecular weight is 348 g/mol. The average Bonchev–Trinajstić information content (AvgIpc) is 2.59. The highest BCUT2D eigenvalue weighted by Gasteiger charge is 2.23. The number of esters is 1. The molecular formula is C18H15ClFNO3. The van der Waals surface area contributed by atoms with Gasteiger partial charge in [-0.2, -0.15) is 0 Å². The van der Waals surface area contributed by atoms with E-state index < -0.39 is 11.8 Å². The van der Waals surface area contributed by atoms with Crippen LogP contribution in [0.25, 0.3) is 0 Å². The number of anilines is 1. The van der Waals surface area contributed by atoms with E-state index in [-0.39, 0.29) is 23.1 Å². The summed E-state index contributed by atoms with van der Waals surface area (Å²) in [4.78, 5) is 26.0. The smallest absolute Gasteiger partial charge is 0.340 e. The number of hydrogen-bond acceptors (Lipinski definition) is 3. The molecule has 2 aromatic rings. The van der Waals surface area contributed by atoms with E-state index in [4.69, 9.17) is 16.3 Å². The number of halogens is 2. The topological polar surface area (TPSA) is 46.6 Å². The number of para-hydroxylation sites is 1. The third kappa shape index (κ3) is 3.41. The number of hydrogen-bond donors (Lipinski definition) is 0. The number of aryl methyl sites for hydroxylation is 1. The molecular weight excluding hydrogens is 333 g/mol. The van der Waals surface area contributed by atoms with Crippen LogP contribution in [-0.2, 0) is 16.0 Å². The highest BCUT2D eigenvalue weighted by Crippen LogP contribution is 2.26. The second-order valence-corrected chi connectivity index (χ2v) is 5.89. The Morgan fingerprint density at radius 3 is 2.79 bits per heavy atom. The summed E-state index contributed by atoms with van der Waals surface area (Å²) in [7, 11) is 0. The van der Waals surface area contributed by atoms with Gasteiger partial charge in [0.15, 0.2) is 6.61 Å². The SMILES string of the molecule is O=C(OCC(=O)N1CCCc2ccccc21)c1ccc(F)cc1Cl. The first kappa shape index (κ1) is 16.5. The second kappa shape index (κ2) is 7.01. The van der Waals surface area contributed by atoms with Gasteiger partial charge in [0.1, 0.15) is 5.82 Å². The second-order valence-electron chi connectivity index (χ2n) is 5.48. The molecule has 0 saturated carbocycles. The normalized spacial score (nSPS) is 13.3. The molecule has 0 saturated heterocycles. The van der Waals surface area contributed by atoms with Crippen LogP contribution in [0, 0.1) is 5.82 Å². The van der Waals surface area contributed by atoms with E-state index in [1.165, 1.54) is 6.07 Å². The number of fused-ring (bicyclic) bond motifs is 1. The third-order valence-electron chi connectivity index (χ3n) is 3.89. The Morgan fingerprint density at radius 2 is 2.00 bits per heavy atom. The van der Waals surface area contributed by atoms with Crippen molar-refractivity contribution in [2.75, 3.05) is 18.1 Å². The molecule has 1 aliphatic rings. The maximum Gasteiger partial charge on any atom is 0.340 e. The Hall–Kier alpha value is -2.40. The molecule has 1 heterocycles. The van der Waals surface area contributed by atoms with Gasteiger partial charge in [0, 0.05) is 12.2 Å². The molecule has 1 amide bonds. The molecule has 0 unspecified atom stereocenters. The molecule has 0 radical (unpaired) electrons. The van der Waals surface area contributed by atoms with E-state index in [0.717, 1.165) is 36.2 Å². The molecule has 3 rings (SSSR count). The number of benzene rings is 2. The summed E-state index contributed by atoms with van der Waals surface area (Å²) < 4.78 is 18.1. The van der Waals surface area contributed by atoms with Crippen LogP contribution in [0.2, 0.25) is 5.02 Å². The van der Waals surface area contributed by atoms with Crippen LogP contribution in [0.5, 0.6) is 0 Å². The minimum Gasteiger partial charge on any atom is -0.452 e. The van der Waals surface area contributed by atoms with Crippen molar-refractivity contribution >= 4 is 29.2 Å². The van der Waals surface area contributed by atoms with Crippen LogP contribution >= 0.6 is 11.6 Å². The van der Waals surface area contributed by atoms with E-state index in [9.17, 15) is 14.0 Å². The number of nitrogens with zero attached hydrogens (tertiary/aromatic N) is 1. The number of carbonyl (C=O) groups is 2. The summed E-state index contributed by atoms with van der Waals surface area (Å²) in [6, 6.07) is 11.1. The maximum absolute atomic E-state index is 13.0. The van der Waals surface area contributed by atoms with Crippen LogP contribution in [-0.4, -0.2) is 25.0 Å². The largest absolute Gasteiger partial charge is 0.452 e. The van der Waals surface area contributed by atoms with Gasteiger partial charge in [0.05, 0.1) is 10.6 Å². The van der Waals surface area contributed by atoms with Crippen molar-refractivity contribution in [2.24, 2.45) is 0 Å². The van der Waals surface area contributed by atoms with Crippen molar-refractivity contribution in [2.45, 2.75) is 12.8 Å². The van der Waals surface area contributed by atoms with Gasteiger partial charge in [-0.05, 0) is 42.7 Å². The van der Waals surface area contributed by atoms with Crippen LogP contribution in [0.4, 0.5) is 10.1 Å². The standard InChI is InChI=1S/C18H15ClFNO3/c19-15-10-13(20)7-8-14(15)18(23)24-11-17(22)21-9-3-5-12-4-1-2-6-16(12)21/h1-2,4,6-8,10H,3,5,9,11H2. The molecule has 4 nitrogen and oxygen atoms in total. The lowest BCUT2D eigenvalue weighted by atomic mass is 10.0. The van der Waals surface area contributed by atoms with Gasteiger partial charge in [-0.3, -0.25) is 4.79 Å². The van der Waals surface area contributed by atoms with E-state index >= 15 is 0 Å². The predicted octanol–water partition coefficient (Wildman–Crippen LogP) is 3.62. The van der Waals surface area contributed by atoms with Crippen LogP contribution in [0.3, 0.4) is 0 Å². The van der Waals surface area contributed by atoms with Crippen molar-refractivity contribution in [1.82, 2.24) is 0 Å². The summed E-state index contributed by atoms with van der Waals surface area (Å²) >= 11 is 5.82. The molecule has 0 aromatic heterocycles. The zero-order valence-corrected chi connectivity index (χ0v) is 13.6. The van der Waals surface area contributed by atoms with Crippen LogP contribution in [0.1, 0.15) is 22.3 Å². The zero-order chi connectivity index (χ0) is 17.1. The summed E-state index contributed by atoms with van der Waals surface area (Å²) in [5, 5.41) is -0.0456. The molecule has 2 aromatic carbocycles. The molecule has 124 valence electrons. The molecule has 0 aliphatic carbocycles. The van der Waals surface area contributed by atoms with Crippen molar-refractivity contribution in [1.29, 1.82) is 0 Å². The van der Waals surface area contributed by atoms with Gasteiger partial charge in [0.2, 0.25) is 0 Å². The Kier molecular flexibility index (Phi) is 4.81. The van der Waals surface area contributed by atoms with Gasteiger partial charge in [-0.25, -0.2) is 9.18 Å². The van der Waals surface area contributed by atoms with E-state index in [1.807, 2.05) is 24.3 Å². The lowest BCUT2D eigenvalue weighted by Crippen LogP contribution is -2.38. The zero-order valence-electron chi connectivity index (χ0n) is 12.8. The number of amides is 1. The first-order valence-electron chi connectivity index (χ1n) is 7.56. The molecule has 6 heteroatoms. The fourth-order valence-electron chi connectivity index (χ4n) is 2.73. The Balaban J connectivity index is 1.67.